The maximum absolute atomic E-state index is 13.1. The average Bonchev–Trinajstić information content (AvgIpc) is 2.59. The first-order chi connectivity index (χ1) is 13.8. The molecular formula is C18H19F5N4O3. The molecule has 12 heteroatoms. The van der Waals surface area contributed by atoms with Crippen molar-refractivity contribution < 1.29 is 36.3 Å². The van der Waals surface area contributed by atoms with Gasteiger partial charge in [0.1, 0.15) is 5.75 Å². The predicted molar refractivity (Wildman–Crippen MR) is 96.6 cm³/mol. The summed E-state index contributed by atoms with van der Waals surface area (Å²) in [5, 5.41) is 7.79. The molecule has 2 rings (SSSR count). The van der Waals surface area contributed by atoms with Gasteiger partial charge in [-0.15, -0.1) is 0 Å². The summed E-state index contributed by atoms with van der Waals surface area (Å²) in [4.78, 5) is 28.3. The fraction of sp³-hybridized carbons (Fsp3) is 0.389. The van der Waals surface area contributed by atoms with Gasteiger partial charge < -0.3 is 20.7 Å². The van der Waals surface area contributed by atoms with Crippen LogP contribution in [-0.4, -0.2) is 36.0 Å². The number of benzene rings is 1. The van der Waals surface area contributed by atoms with Crippen LogP contribution in [0.3, 0.4) is 0 Å². The third kappa shape index (κ3) is 5.24. The van der Waals surface area contributed by atoms with E-state index in [9.17, 15) is 31.5 Å². The number of carbonyl (C=O) groups is 2. The normalized spacial score (nSPS) is 19.9. The van der Waals surface area contributed by atoms with Gasteiger partial charge in [-0.2, -0.15) is 22.0 Å². The van der Waals surface area contributed by atoms with E-state index in [4.69, 9.17) is 0 Å². The van der Waals surface area contributed by atoms with Gasteiger partial charge in [-0.1, -0.05) is 12.1 Å². The minimum Gasteiger partial charge on any atom is -0.426 e. The summed E-state index contributed by atoms with van der Waals surface area (Å²) in [6.07, 6.45) is -8.66. The number of nitrogens with one attached hydrogen (secondary N) is 3. The number of hydrogen-bond acceptors (Lipinski definition) is 5. The van der Waals surface area contributed by atoms with Crippen LogP contribution in [0.2, 0.25) is 0 Å². The third-order valence-electron chi connectivity index (χ3n) is 3.94. The number of alkyl halides is 5. The largest absolute Gasteiger partial charge is 0.499 e. The topological polar surface area (TPSA) is 91.8 Å². The van der Waals surface area contributed by atoms with Crippen molar-refractivity contribution in [3.05, 3.63) is 41.7 Å². The van der Waals surface area contributed by atoms with E-state index in [0.717, 1.165) is 12.1 Å². The molecule has 3 N–H and O–H groups in total. The zero-order valence-electron chi connectivity index (χ0n) is 16.1. The molecule has 1 aliphatic heterocycles. The van der Waals surface area contributed by atoms with Crippen LogP contribution in [0.4, 0.5) is 22.0 Å². The molecule has 0 saturated carbocycles. The maximum Gasteiger partial charge on any atom is 0.499 e. The summed E-state index contributed by atoms with van der Waals surface area (Å²) in [6, 6.07) is 3.65. The van der Waals surface area contributed by atoms with Gasteiger partial charge in [0.05, 0.1) is 12.3 Å². The van der Waals surface area contributed by atoms with Crippen LogP contribution in [0.25, 0.3) is 0 Å². The van der Waals surface area contributed by atoms with E-state index in [1.165, 1.54) is 38.4 Å². The van der Waals surface area contributed by atoms with Crippen LogP contribution in [0, 0.1) is 0 Å². The van der Waals surface area contributed by atoms with E-state index < -0.39 is 41.6 Å². The molecule has 1 aromatic rings. The first kappa shape index (κ1) is 23.1. The van der Waals surface area contributed by atoms with Gasteiger partial charge in [0, 0.05) is 18.8 Å². The summed E-state index contributed by atoms with van der Waals surface area (Å²) in [5.74, 6) is -1.99. The Morgan fingerprint density at radius 2 is 1.90 bits per heavy atom. The van der Waals surface area contributed by atoms with E-state index in [1.807, 2.05) is 0 Å². The van der Waals surface area contributed by atoms with Crippen LogP contribution in [0.1, 0.15) is 32.4 Å². The van der Waals surface area contributed by atoms with Crippen molar-refractivity contribution in [3.63, 3.8) is 0 Å². The molecule has 0 radical (unpaired) electrons. The molecule has 164 valence electrons. The summed E-state index contributed by atoms with van der Waals surface area (Å²) in [5.41, 5.74) is -1.02. The van der Waals surface area contributed by atoms with E-state index >= 15 is 0 Å². The molecular weight excluding hydrogens is 415 g/mol. The molecule has 0 saturated heterocycles. The van der Waals surface area contributed by atoms with Crippen molar-refractivity contribution in [1.29, 1.82) is 0 Å². The van der Waals surface area contributed by atoms with Gasteiger partial charge in [-0.25, -0.2) is 0 Å². The molecule has 1 unspecified atom stereocenters. The van der Waals surface area contributed by atoms with E-state index in [-0.39, 0.29) is 5.56 Å². The van der Waals surface area contributed by atoms with Crippen LogP contribution in [-0.2, 0) is 9.59 Å². The smallest absolute Gasteiger partial charge is 0.426 e. The zero-order valence-corrected chi connectivity index (χ0v) is 16.1. The first-order valence-corrected chi connectivity index (χ1v) is 8.58. The molecule has 1 aliphatic rings. The van der Waals surface area contributed by atoms with E-state index in [1.54, 1.807) is 6.92 Å². The van der Waals surface area contributed by atoms with Crippen molar-refractivity contribution in [2.24, 2.45) is 4.99 Å². The first-order valence-electron chi connectivity index (χ1n) is 8.58. The highest BCUT2D eigenvalue weighted by Gasteiger charge is 2.61. The Labute approximate surface area is 168 Å². The van der Waals surface area contributed by atoms with E-state index in [2.05, 4.69) is 25.7 Å². The number of carbonyl (C=O) groups excluding carboxylic acids is 2. The van der Waals surface area contributed by atoms with Crippen molar-refractivity contribution in [3.8, 4) is 5.75 Å². The molecule has 1 aromatic carbocycles. The molecule has 1 heterocycles. The number of hydrogen-bond donors (Lipinski definition) is 3. The Morgan fingerprint density at radius 1 is 1.23 bits per heavy atom. The Hall–Kier alpha value is -3.18. The Balaban J connectivity index is 2.20. The third-order valence-corrected chi connectivity index (χ3v) is 3.94. The van der Waals surface area contributed by atoms with Gasteiger partial charge in [0.15, 0.2) is 0 Å². The van der Waals surface area contributed by atoms with Gasteiger partial charge in [0.25, 0.3) is 5.91 Å². The number of nitrogens with zero attached hydrogens (tertiary/aromatic N) is 1. The van der Waals surface area contributed by atoms with Crippen LogP contribution >= 0.6 is 0 Å². The molecule has 0 fully saturated rings. The molecule has 0 aromatic heterocycles. The SMILES string of the molecule is CC(=O)N[C@@]1(C(=O)NC(C)c2cccc(OC(F)(F)C(F)(F)F)c2)C=NC=C(C)N1. The number of halogens is 5. The molecule has 0 spiro atoms. The molecule has 2 amide bonds. The highest BCUT2D eigenvalue weighted by Crippen LogP contribution is 2.37. The summed E-state index contributed by atoms with van der Waals surface area (Å²) in [6.45, 7) is 4.29. The minimum absolute atomic E-state index is 0.191. The average molecular weight is 434 g/mol. The van der Waals surface area contributed by atoms with Crippen LogP contribution in [0.5, 0.6) is 5.75 Å². The van der Waals surface area contributed by atoms with Crippen LogP contribution in [0.15, 0.2) is 41.2 Å². The number of allylic oxidation sites excluding steroid dienone is 1. The lowest BCUT2D eigenvalue weighted by Crippen LogP contribution is -2.68. The molecule has 30 heavy (non-hydrogen) atoms. The minimum atomic E-state index is -5.88. The lowest BCUT2D eigenvalue weighted by Gasteiger charge is -2.34. The van der Waals surface area contributed by atoms with Crippen LogP contribution < -0.4 is 20.7 Å². The van der Waals surface area contributed by atoms with Gasteiger partial charge in [-0.3, -0.25) is 14.6 Å². The molecule has 7 nitrogen and oxygen atoms in total. The maximum atomic E-state index is 13.1. The second-order valence-corrected chi connectivity index (χ2v) is 6.59. The Kier molecular flexibility index (Phi) is 6.38. The van der Waals surface area contributed by atoms with Gasteiger partial charge >= 0.3 is 12.3 Å². The summed E-state index contributed by atoms with van der Waals surface area (Å²) < 4.78 is 67.1. The molecule has 0 bridgehead atoms. The zero-order chi connectivity index (χ0) is 22.7. The number of amides is 2. The number of aliphatic imine (C=N–C) groups is 1. The molecule has 0 aliphatic carbocycles. The Morgan fingerprint density at radius 3 is 2.47 bits per heavy atom. The quantitative estimate of drug-likeness (QED) is 0.601. The lowest BCUT2D eigenvalue weighted by molar-refractivity contribution is -0.360. The number of rotatable bonds is 6. The monoisotopic (exact) mass is 434 g/mol. The van der Waals surface area contributed by atoms with Crippen molar-refractivity contribution in [2.75, 3.05) is 0 Å². The van der Waals surface area contributed by atoms with Gasteiger partial charge in [0.2, 0.25) is 11.6 Å². The second-order valence-electron chi connectivity index (χ2n) is 6.59. The highest BCUT2D eigenvalue weighted by atomic mass is 19.4. The fourth-order valence-electron chi connectivity index (χ4n) is 2.60. The number of ether oxygens (including phenoxy) is 1. The summed E-state index contributed by atoms with van der Waals surface area (Å²) >= 11 is 0. The lowest BCUT2D eigenvalue weighted by atomic mass is 10.0. The van der Waals surface area contributed by atoms with Crippen molar-refractivity contribution >= 4 is 18.0 Å². The summed E-state index contributed by atoms with van der Waals surface area (Å²) in [7, 11) is 0. The fourth-order valence-corrected chi connectivity index (χ4v) is 2.60. The van der Waals surface area contributed by atoms with Gasteiger partial charge in [-0.05, 0) is 31.5 Å². The highest BCUT2D eigenvalue weighted by molar-refractivity contribution is 6.06. The van der Waals surface area contributed by atoms with Crippen molar-refractivity contribution in [1.82, 2.24) is 16.0 Å². The standard InChI is InChI=1S/C18H19F5N4O3/c1-10-8-24-9-16(26-10,27-12(3)28)15(29)25-11(2)13-5-4-6-14(7-13)30-18(22,23)17(19,20)21/h4-9,11,26H,1-3H3,(H,25,29)(H,27,28)/t11?,16-/m1/s1. The van der Waals surface area contributed by atoms with E-state index in [0.29, 0.717) is 5.70 Å². The van der Waals surface area contributed by atoms with Crippen molar-refractivity contribution in [2.45, 2.75) is 44.8 Å². The Bertz CT molecular complexity index is 881. The molecule has 2 atom stereocenters. The predicted octanol–water partition coefficient (Wildman–Crippen LogP) is 2.77. The second kappa shape index (κ2) is 8.28.